The number of hydrogen-bond acceptors (Lipinski definition) is 4. The lowest BCUT2D eigenvalue weighted by atomic mass is 9.98. The van der Waals surface area contributed by atoms with Crippen LogP contribution in [0.5, 0.6) is 5.75 Å². The van der Waals surface area contributed by atoms with Crippen LogP contribution in [-0.2, 0) is 16.0 Å². The lowest BCUT2D eigenvalue weighted by molar-refractivity contribution is -0.120. The maximum atomic E-state index is 13.9. The standard InChI is InChI=1S/C27H23ClN2O3/c1-17-9-12-20(28)16-23(17)30-26(31)24(19-10-13-21(33-2)14-11-19)25(27(30)32)29-15-5-7-18-6-3-4-8-22(18)29/h3-4,6,8-14,16H,5,7,15H2,1-2H3. The highest BCUT2D eigenvalue weighted by Crippen LogP contribution is 2.40. The molecule has 0 N–H and O–H groups in total. The van der Waals surface area contributed by atoms with Crippen LogP contribution < -0.4 is 14.5 Å². The Kier molecular flexibility index (Phi) is 5.43. The molecule has 33 heavy (non-hydrogen) atoms. The van der Waals surface area contributed by atoms with Crippen LogP contribution in [0.25, 0.3) is 5.57 Å². The lowest BCUT2D eigenvalue weighted by Crippen LogP contribution is -2.37. The van der Waals surface area contributed by atoms with E-state index in [-0.39, 0.29) is 11.8 Å². The highest BCUT2D eigenvalue weighted by molar-refractivity contribution is 6.46. The first-order chi connectivity index (χ1) is 16.0. The summed E-state index contributed by atoms with van der Waals surface area (Å²) in [6, 6.07) is 20.6. The highest BCUT2D eigenvalue weighted by Gasteiger charge is 2.44. The van der Waals surface area contributed by atoms with E-state index >= 15 is 0 Å². The molecule has 6 heteroatoms. The van der Waals surface area contributed by atoms with Gasteiger partial charge in [0.25, 0.3) is 11.8 Å². The molecule has 3 aromatic rings. The fraction of sp³-hybridized carbons (Fsp3) is 0.185. The van der Waals surface area contributed by atoms with Crippen molar-refractivity contribution < 1.29 is 14.3 Å². The second-order valence-corrected chi connectivity index (χ2v) is 8.65. The molecule has 0 fully saturated rings. The Bertz CT molecular complexity index is 1300. The maximum absolute atomic E-state index is 13.9. The minimum Gasteiger partial charge on any atom is -0.497 e. The summed E-state index contributed by atoms with van der Waals surface area (Å²) < 4.78 is 5.29. The number of nitrogens with zero attached hydrogens (tertiary/aromatic N) is 2. The van der Waals surface area contributed by atoms with Crippen molar-refractivity contribution >= 4 is 40.4 Å². The van der Waals surface area contributed by atoms with Crippen LogP contribution in [0.2, 0.25) is 5.02 Å². The topological polar surface area (TPSA) is 49.9 Å². The summed E-state index contributed by atoms with van der Waals surface area (Å²) in [5.74, 6) is -0.00925. The Morgan fingerprint density at radius 1 is 0.909 bits per heavy atom. The molecule has 0 spiro atoms. The Hall–Kier alpha value is -3.57. The number of rotatable bonds is 4. The average Bonchev–Trinajstić information content (AvgIpc) is 3.10. The van der Waals surface area contributed by atoms with Gasteiger partial charge in [0.15, 0.2) is 0 Å². The zero-order valence-corrected chi connectivity index (χ0v) is 19.2. The smallest absolute Gasteiger partial charge is 0.282 e. The maximum Gasteiger partial charge on any atom is 0.282 e. The third-order valence-corrected chi connectivity index (χ3v) is 6.47. The van der Waals surface area contributed by atoms with Crippen molar-refractivity contribution in [2.24, 2.45) is 0 Å². The monoisotopic (exact) mass is 458 g/mol. The van der Waals surface area contributed by atoms with Crippen LogP contribution in [0.15, 0.2) is 72.4 Å². The minimum absolute atomic E-state index is 0.340. The summed E-state index contributed by atoms with van der Waals surface area (Å²) in [5.41, 5.74) is 4.91. The fourth-order valence-electron chi connectivity index (χ4n) is 4.59. The molecule has 0 radical (unpaired) electrons. The van der Waals surface area contributed by atoms with Crippen molar-refractivity contribution in [3.8, 4) is 5.75 Å². The van der Waals surface area contributed by atoms with E-state index < -0.39 is 0 Å². The van der Waals surface area contributed by atoms with E-state index in [1.165, 1.54) is 10.5 Å². The van der Waals surface area contributed by atoms with Gasteiger partial charge in [0.05, 0.1) is 18.4 Å². The molecular weight excluding hydrogens is 436 g/mol. The third-order valence-electron chi connectivity index (χ3n) is 6.23. The van der Waals surface area contributed by atoms with Gasteiger partial charge in [-0.1, -0.05) is 48.0 Å². The van der Waals surface area contributed by atoms with Crippen LogP contribution in [0.3, 0.4) is 0 Å². The average molecular weight is 459 g/mol. The van der Waals surface area contributed by atoms with Crippen LogP contribution in [0.1, 0.15) is 23.1 Å². The number of imide groups is 1. The number of ether oxygens (including phenoxy) is 1. The van der Waals surface area contributed by atoms with Crippen molar-refractivity contribution in [1.29, 1.82) is 0 Å². The van der Waals surface area contributed by atoms with Crippen LogP contribution in [0, 0.1) is 6.92 Å². The second-order valence-electron chi connectivity index (χ2n) is 8.21. The molecule has 0 bridgehead atoms. The van der Waals surface area contributed by atoms with Crippen LogP contribution in [-0.4, -0.2) is 25.5 Å². The molecule has 2 amide bonds. The third kappa shape index (κ3) is 3.58. The molecule has 0 atom stereocenters. The Morgan fingerprint density at radius 2 is 1.67 bits per heavy atom. The molecule has 0 saturated heterocycles. The fourth-order valence-corrected chi connectivity index (χ4v) is 4.76. The summed E-state index contributed by atoms with van der Waals surface area (Å²) >= 11 is 6.24. The molecule has 0 saturated carbocycles. The van der Waals surface area contributed by atoms with Gasteiger partial charge in [0.2, 0.25) is 0 Å². The predicted octanol–water partition coefficient (Wildman–Crippen LogP) is 5.39. The van der Waals surface area contributed by atoms with Crippen molar-refractivity contribution in [3.63, 3.8) is 0 Å². The molecule has 5 nitrogen and oxygen atoms in total. The summed E-state index contributed by atoms with van der Waals surface area (Å²) in [6.45, 7) is 2.53. The number of amides is 2. The van der Waals surface area contributed by atoms with Gasteiger partial charge in [0, 0.05) is 17.3 Å². The quantitative estimate of drug-likeness (QED) is 0.491. The first-order valence-electron chi connectivity index (χ1n) is 10.9. The Morgan fingerprint density at radius 3 is 2.42 bits per heavy atom. The Labute approximate surface area is 197 Å². The Balaban J connectivity index is 1.71. The highest BCUT2D eigenvalue weighted by atomic mass is 35.5. The van der Waals surface area contributed by atoms with E-state index in [0.717, 1.165) is 24.1 Å². The molecule has 166 valence electrons. The molecule has 2 aliphatic rings. The molecule has 3 aromatic carbocycles. The van der Waals surface area contributed by atoms with Gasteiger partial charge >= 0.3 is 0 Å². The number of benzene rings is 3. The van der Waals surface area contributed by atoms with E-state index in [1.807, 2.05) is 48.2 Å². The SMILES string of the molecule is COc1ccc(C2=C(N3CCCc4ccccc43)C(=O)N(c3cc(Cl)ccc3C)C2=O)cc1. The molecule has 2 heterocycles. The van der Waals surface area contributed by atoms with E-state index in [4.69, 9.17) is 16.3 Å². The summed E-state index contributed by atoms with van der Waals surface area (Å²) in [4.78, 5) is 31.0. The van der Waals surface area contributed by atoms with Gasteiger partial charge in [-0.15, -0.1) is 0 Å². The van der Waals surface area contributed by atoms with E-state index in [1.54, 1.807) is 31.4 Å². The van der Waals surface area contributed by atoms with Crippen LogP contribution >= 0.6 is 11.6 Å². The van der Waals surface area contributed by atoms with Crippen LogP contribution in [0.4, 0.5) is 11.4 Å². The largest absolute Gasteiger partial charge is 0.497 e. The number of hydrogen-bond donors (Lipinski definition) is 0. The van der Waals surface area contributed by atoms with Crippen molar-refractivity contribution in [3.05, 3.63) is 94.1 Å². The normalized spacial score (nSPS) is 15.8. The van der Waals surface area contributed by atoms with E-state index in [0.29, 0.717) is 39.8 Å². The first kappa shape index (κ1) is 21.3. The predicted molar refractivity (Wildman–Crippen MR) is 131 cm³/mol. The first-order valence-corrected chi connectivity index (χ1v) is 11.3. The van der Waals surface area contributed by atoms with Gasteiger partial charge in [0.1, 0.15) is 11.4 Å². The molecular formula is C27H23ClN2O3. The van der Waals surface area contributed by atoms with Crippen molar-refractivity contribution in [2.75, 3.05) is 23.5 Å². The van der Waals surface area contributed by atoms with Gasteiger partial charge < -0.3 is 9.64 Å². The van der Waals surface area contributed by atoms with E-state index in [2.05, 4.69) is 6.07 Å². The lowest BCUT2D eigenvalue weighted by Gasteiger charge is -2.32. The van der Waals surface area contributed by atoms with Crippen molar-refractivity contribution in [2.45, 2.75) is 19.8 Å². The summed E-state index contributed by atoms with van der Waals surface area (Å²) in [7, 11) is 1.60. The molecule has 2 aliphatic heterocycles. The van der Waals surface area contributed by atoms with Crippen molar-refractivity contribution in [1.82, 2.24) is 0 Å². The van der Waals surface area contributed by atoms with Gasteiger partial charge in [-0.05, 0) is 66.8 Å². The summed E-state index contributed by atoms with van der Waals surface area (Å²) in [5, 5.41) is 0.471. The number of methoxy groups -OCH3 is 1. The zero-order chi connectivity index (χ0) is 23.1. The number of halogens is 1. The van der Waals surface area contributed by atoms with E-state index in [9.17, 15) is 9.59 Å². The second kappa shape index (κ2) is 8.41. The molecule has 0 unspecified atom stereocenters. The van der Waals surface area contributed by atoms with Gasteiger partial charge in [-0.3, -0.25) is 9.59 Å². The number of aryl methyl sites for hydroxylation is 2. The minimum atomic E-state index is -0.353. The number of fused-ring (bicyclic) bond motifs is 1. The molecule has 0 aromatic heterocycles. The van der Waals surface area contributed by atoms with Gasteiger partial charge in [-0.2, -0.15) is 0 Å². The number of para-hydroxylation sites is 1. The number of carbonyl (C=O) groups excluding carboxylic acids is 2. The number of carbonyl (C=O) groups is 2. The molecule has 5 rings (SSSR count). The summed E-state index contributed by atoms with van der Waals surface area (Å²) in [6.07, 6.45) is 1.84. The zero-order valence-electron chi connectivity index (χ0n) is 18.5. The number of anilines is 2. The van der Waals surface area contributed by atoms with Gasteiger partial charge in [-0.25, -0.2) is 4.90 Å². The molecule has 0 aliphatic carbocycles.